The van der Waals surface area contributed by atoms with E-state index < -0.39 is 42.3 Å². The molecule has 0 bridgehead atoms. The van der Waals surface area contributed by atoms with Gasteiger partial charge in [-0.05, 0) is 18.4 Å². The Kier molecular flexibility index (Phi) is 6.05. The highest BCUT2D eigenvalue weighted by molar-refractivity contribution is 6.44. The van der Waals surface area contributed by atoms with Crippen LogP contribution < -0.4 is 5.32 Å². The highest BCUT2D eigenvalue weighted by Gasteiger charge is 2.43. The number of nitrogens with one attached hydrogen (secondary N) is 1. The number of imide groups is 2. The topological polar surface area (TPSA) is 124 Å². The molecule has 1 aromatic rings. The molecular weight excluding hydrogens is 342 g/mol. The molecule has 1 fully saturated rings. The summed E-state index contributed by atoms with van der Waals surface area (Å²) in [7, 11) is 1.16. The molecule has 1 aromatic carbocycles. The van der Waals surface area contributed by atoms with E-state index in [4.69, 9.17) is 5.11 Å². The second-order valence-electron chi connectivity index (χ2n) is 5.92. The number of carboxylic acid groups (broad SMARTS) is 1. The number of nitrogens with zero attached hydrogens (tertiary/aromatic N) is 2. The largest absolute Gasteiger partial charge is 0.481 e. The Morgan fingerprint density at radius 2 is 1.77 bits per heavy atom. The highest BCUT2D eigenvalue weighted by atomic mass is 16.4. The van der Waals surface area contributed by atoms with Crippen LogP contribution in [0.5, 0.6) is 0 Å². The Hall–Kier alpha value is -3.23. The summed E-state index contributed by atoms with van der Waals surface area (Å²) in [5.41, 5.74) is 0.909. The number of urea groups is 1. The first kappa shape index (κ1) is 19.1. The van der Waals surface area contributed by atoms with Crippen molar-refractivity contribution in [3.05, 3.63) is 35.9 Å². The minimum atomic E-state index is -1.06. The maximum atomic E-state index is 12.2. The molecule has 1 heterocycles. The molecule has 0 aromatic heterocycles. The first-order valence-corrected chi connectivity index (χ1v) is 7.98. The van der Waals surface area contributed by atoms with Crippen LogP contribution in [0.2, 0.25) is 0 Å². The lowest BCUT2D eigenvalue weighted by Crippen LogP contribution is -2.45. The summed E-state index contributed by atoms with van der Waals surface area (Å²) in [6.07, 6.45) is 0.456. The van der Waals surface area contributed by atoms with E-state index in [2.05, 4.69) is 5.32 Å². The maximum Gasteiger partial charge on any atom is 0.334 e. The van der Waals surface area contributed by atoms with Crippen LogP contribution in [0.25, 0.3) is 0 Å². The van der Waals surface area contributed by atoms with Crippen molar-refractivity contribution in [2.75, 3.05) is 13.6 Å². The Morgan fingerprint density at radius 1 is 1.12 bits per heavy atom. The molecule has 138 valence electrons. The van der Waals surface area contributed by atoms with Crippen LogP contribution in [-0.2, 0) is 25.6 Å². The van der Waals surface area contributed by atoms with Crippen molar-refractivity contribution < 1.29 is 29.1 Å². The van der Waals surface area contributed by atoms with Gasteiger partial charge in [-0.1, -0.05) is 30.3 Å². The van der Waals surface area contributed by atoms with Gasteiger partial charge in [0.1, 0.15) is 6.54 Å². The predicted molar refractivity (Wildman–Crippen MR) is 88.8 cm³/mol. The van der Waals surface area contributed by atoms with Gasteiger partial charge in [-0.3, -0.25) is 24.1 Å². The molecule has 0 spiro atoms. The lowest BCUT2D eigenvalue weighted by Gasteiger charge is -2.20. The third kappa shape index (κ3) is 4.65. The predicted octanol–water partition coefficient (Wildman–Crippen LogP) is -0.000700. The van der Waals surface area contributed by atoms with Gasteiger partial charge in [-0.15, -0.1) is 0 Å². The van der Waals surface area contributed by atoms with E-state index in [1.54, 1.807) is 0 Å². The second-order valence-corrected chi connectivity index (χ2v) is 5.92. The quantitative estimate of drug-likeness (QED) is 0.496. The summed E-state index contributed by atoms with van der Waals surface area (Å²) in [4.78, 5) is 59.2. The van der Waals surface area contributed by atoms with Crippen molar-refractivity contribution >= 4 is 29.7 Å². The summed E-state index contributed by atoms with van der Waals surface area (Å²) in [5, 5.41) is 11.5. The number of aliphatic carboxylic acids is 1. The summed E-state index contributed by atoms with van der Waals surface area (Å²) >= 11 is 0. The van der Waals surface area contributed by atoms with Gasteiger partial charge >= 0.3 is 23.8 Å². The van der Waals surface area contributed by atoms with Crippen molar-refractivity contribution in [2.24, 2.45) is 0 Å². The van der Waals surface area contributed by atoms with Gasteiger partial charge < -0.3 is 10.4 Å². The Bertz CT molecular complexity index is 733. The average Bonchev–Trinajstić information content (AvgIpc) is 2.78. The lowest BCUT2D eigenvalue weighted by atomic mass is 10.0. The van der Waals surface area contributed by atoms with E-state index in [1.807, 2.05) is 30.3 Å². The SMILES string of the molecule is CN1C(=O)C(=O)N(CC(=O)NC(CCC(=O)O)Cc2ccccc2)C1=O. The van der Waals surface area contributed by atoms with E-state index in [9.17, 15) is 24.0 Å². The Labute approximate surface area is 149 Å². The van der Waals surface area contributed by atoms with Gasteiger partial charge in [0.2, 0.25) is 5.91 Å². The summed E-state index contributed by atoms with van der Waals surface area (Å²) in [5.74, 6) is -3.68. The summed E-state index contributed by atoms with van der Waals surface area (Å²) in [6.45, 7) is -0.591. The smallest absolute Gasteiger partial charge is 0.334 e. The van der Waals surface area contributed by atoms with E-state index >= 15 is 0 Å². The van der Waals surface area contributed by atoms with Crippen molar-refractivity contribution in [1.82, 2.24) is 15.1 Å². The standard InChI is InChI=1S/C17H19N3O6/c1-19-15(24)16(25)20(17(19)26)10-13(21)18-12(7-8-14(22)23)9-11-5-3-2-4-6-11/h2-6,12H,7-10H2,1H3,(H,18,21)(H,22,23). The zero-order chi connectivity index (χ0) is 19.3. The molecule has 9 nitrogen and oxygen atoms in total. The van der Waals surface area contributed by atoms with Crippen LogP contribution in [0.1, 0.15) is 18.4 Å². The minimum Gasteiger partial charge on any atom is -0.481 e. The molecular formula is C17H19N3O6. The number of rotatable bonds is 8. The zero-order valence-electron chi connectivity index (χ0n) is 14.2. The van der Waals surface area contributed by atoms with Crippen molar-refractivity contribution in [1.29, 1.82) is 0 Å². The number of benzene rings is 1. The van der Waals surface area contributed by atoms with E-state index in [-0.39, 0.29) is 12.8 Å². The van der Waals surface area contributed by atoms with Crippen LogP contribution in [-0.4, -0.2) is 64.3 Å². The third-order valence-electron chi connectivity index (χ3n) is 3.95. The molecule has 1 aliphatic rings. The van der Waals surface area contributed by atoms with Crippen molar-refractivity contribution in [3.8, 4) is 0 Å². The number of carboxylic acids is 1. The number of amides is 5. The molecule has 1 unspecified atom stereocenters. The first-order chi connectivity index (χ1) is 12.3. The van der Waals surface area contributed by atoms with E-state index in [1.165, 1.54) is 0 Å². The van der Waals surface area contributed by atoms with Gasteiger partial charge in [0.05, 0.1) is 0 Å². The fraction of sp³-hybridized carbons (Fsp3) is 0.353. The summed E-state index contributed by atoms with van der Waals surface area (Å²) in [6, 6.07) is 7.85. The van der Waals surface area contributed by atoms with Gasteiger partial charge in [-0.25, -0.2) is 9.69 Å². The normalized spacial score (nSPS) is 15.3. The second kappa shape index (κ2) is 8.24. The molecule has 26 heavy (non-hydrogen) atoms. The van der Waals surface area contributed by atoms with Gasteiger partial charge in [-0.2, -0.15) is 0 Å². The number of carbonyl (C=O) groups is 5. The minimum absolute atomic E-state index is 0.138. The van der Waals surface area contributed by atoms with Gasteiger partial charge in [0.15, 0.2) is 0 Å². The first-order valence-electron chi connectivity index (χ1n) is 7.98. The fourth-order valence-electron chi connectivity index (χ4n) is 2.59. The molecule has 1 aliphatic heterocycles. The van der Waals surface area contributed by atoms with Crippen LogP contribution in [0.15, 0.2) is 30.3 Å². The number of carbonyl (C=O) groups excluding carboxylic acids is 4. The molecule has 0 aliphatic carbocycles. The van der Waals surface area contributed by atoms with Gasteiger partial charge in [0.25, 0.3) is 0 Å². The molecule has 0 radical (unpaired) electrons. The van der Waals surface area contributed by atoms with Crippen molar-refractivity contribution in [2.45, 2.75) is 25.3 Å². The summed E-state index contributed by atoms with van der Waals surface area (Å²) < 4.78 is 0. The van der Waals surface area contributed by atoms with E-state index in [0.29, 0.717) is 16.2 Å². The number of hydrogen-bond donors (Lipinski definition) is 2. The Morgan fingerprint density at radius 3 is 2.31 bits per heavy atom. The zero-order valence-corrected chi connectivity index (χ0v) is 14.2. The Balaban J connectivity index is 2.01. The molecule has 1 atom stereocenters. The average molecular weight is 361 g/mol. The third-order valence-corrected chi connectivity index (χ3v) is 3.95. The molecule has 2 N–H and O–H groups in total. The fourth-order valence-corrected chi connectivity index (χ4v) is 2.59. The van der Waals surface area contributed by atoms with Crippen LogP contribution >= 0.6 is 0 Å². The monoisotopic (exact) mass is 361 g/mol. The van der Waals surface area contributed by atoms with Gasteiger partial charge in [0, 0.05) is 19.5 Å². The molecule has 2 rings (SSSR count). The highest BCUT2D eigenvalue weighted by Crippen LogP contribution is 2.11. The van der Waals surface area contributed by atoms with E-state index in [0.717, 1.165) is 12.6 Å². The van der Waals surface area contributed by atoms with Crippen LogP contribution in [0.3, 0.4) is 0 Å². The molecule has 5 amide bonds. The lowest BCUT2D eigenvalue weighted by molar-refractivity contribution is -0.143. The van der Waals surface area contributed by atoms with Crippen LogP contribution in [0, 0.1) is 0 Å². The molecule has 9 heteroatoms. The molecule has 0 saturated carbocycles. The van der Waals surface area contributed by atoms with Crippen molar-refractivity contribution in [3.63, 3.8) is 0 Å². The number of hydrogen-bond acceptors (Lipinski definition) is 5. The molecule has 1 saturated heterocycles. The van der Waals surface area contributed by atoms with Crippen LogP contribution in [0.4, 0.5) is 4.79 Å². The maximum absolute atomic E-state index is 12.2. The number of likely N-dealkylation sites (N-methyl/N-ethyl adjacent to an activating group) is 1.